The van der Waals surface area contributed by atoms with Crippen LogP contribution in [0.5, 0.6) is 0 Å². The van der Waals surface area contributed by atoms with Gasteiger partial charge < -0.3 is 4.90 Å². The lowest BCUT2D eigenvalue weighted by molar-refractivity contribution is 0.136. The quantitative estimate of drug-likeness (QED) is 0.541. The van der Waals surface area contributed by atoms with E-state index >= 15 is 0 Å². The maximum Gasteiger partial charge on any atom is 0.00313 e. The van der Waals surface area contributed by atoms with Crippen molar-refractivity contribution in [2.75, 3.05) is 25.0 Å². The Balaban J connectivity index is 2.07. The molecule has 0 bridgehead atoms. The normalized spacial score (nSPS) is 29.4. The molecule has 1 aliphatic rings. The molecular weight excluding hydrogens is 238 g/mol. The molecule has 2 heteroatoms. The summed E-state index contributed by atoms with van der Waals surface area (Å²) in [4.78, 5) is 2.65. The zero-order valence-electron chi connectivity index (χ0n) is 9.64. The van der Waals surface area contributed by atoms with Crippen LogP contribution in [0.15, 0.2) is 0 Å². The Bertz CT molecular complexity index is 149. The monoisotopic (exact) mass is 261 g/mol. The van der Waals surface area contributed by atoms with Gasteiger partial charge in [0.15, 0.2) is 0 Å². The van der Waals surface area contributed by atoms with Gasteiger partial charge in [-0.3, -0.25) is 0 Å². The molecular formula is C12H24BrN. The molecule has 1 nitrogen and oxygen atoms in total. The lowest BCUT2D eigenvalue weighted by atomic mass is 9.88. The molecule has 0 aromatic heterocycles. The van der Waals surface area contributed by atoms with E-state index in [9.17, 15) is 0 Å². The van der Waals surface area contributed by atoms with E-state index in [1.165, 1.54) is 50.6 Å². The van der Waals surface area contributed by atoms with Crippen LogP contribution in [-0.4, -0.2) is 29.9 Å². The van der Waals surface area contributed by atoms with Crippen molar-refractivity contribution < 1.29 is 0 Å². The molecule has 0 spiro atoms. The fourth-order valence-electron chi connectivity index (χ4n) is 2.16. The van der Waals surface area contributed by atoms with Gasteiger partial charge in [0.25, 0.3) is 0 Å². The third kappa shape index (κ3) is 4.31. The van der Waals surface area contributed by atoms with E-state index in [0.717, 1.165) is 11.8 Å². The van der Waals surface area contributed by atoms with Crippen molar-refractivity contribution in [3.8, 4) is 0 Å². The summed E-state index contributed by atoms with van der Waals surface area (Å²) in [6.45, 7) is 8.78. The Labute approximate surface area is 97.4 Å². The Hall–Kier alpha value is 0.440. The van der Waals surface area contributed by atoms with Gasteiger partial charge in [-0.2, -0.15) is 0 Å². The van der Waals surface area contributed by atoms with E-state index < -0.39 is 0 Å². The SMILES string of the molecule is CC1CCN(CCCCCBr)CC1C. The number of alkyl halides is 1. The summed E-state index contributed by atoms with van der Waals surface area (Å²) in [7, 11) is 0. The van der Waals surface area contributed by atoms with Crippen LogP contribution in [0.25, 0.3) is 0 Å². The predicted molar refractivity (Wildman–Crippen MR) is 67.0 cm³/mol. The second-order valence-corrected chi connectivity index (χ2v) is 5.59. The molecule has 0 aliphatic carbocycles. The van der Waals surface area contributed by atoms with Gasteiger partial charge in [-0.25, -0.2) is 0 Å². The summed E-state index contributed by atoms with van der Waals surface area (Å²) in [5.41, 5.74) is 0. The van der Waals surface area contributed by atoms with E-state index in [1.807, 2.05) is 0 Å². The van der Waals surface area contributed by atoms with Crippen molar-refractivity contribution in [3.63, 3.8) is 0 Å². The first kappa shape index (κ1) is 12.5. The molecule has 0 N–H and O–H groups in total. The van der Waals surface area contributed by atoms with Crippen LogP contribution < -0.4 is 0 Å². The van der Waals surface area contributed by atoms with Crippen molar-refractivity contribution in [3.05, 3.63) is 0 Å². The fraction of sp³-hybridized carbons (Fsp3) is 1.00. The third-order valence-corrected chi connectivity index (χ3v) is 4.09. The Morgan fingerprint density at radius 1 is 1.14 bits per heavy atom. The minimum absolute atomic E-state index is 0.903. The smallest absolute Gasteiger partial charge is 0.00313 e. The molecule has 0 aromatic carbocycles. The summed E-state index contributed by atoms with van der Waals surface area (Å²) in [5.74, 6) is 1.84. The predicted octanol–water partition coefficient (Wildman–Crippen LogP) is 3.53. The summed E-state index contributed by atoms with van der Waals surface area (Å²) < 4.78 is 0. The van der Waals surface area contributed by atoms with Crippen LogP contribution in [0.3, 0.4) is 0 Å². The standard InChI is InChI=1S/C12H24BrN/c1-11-6-9-14(10-12(11)2)8-5-3-4-7-13/h11-12H,3-10H2,1-2H3. The van der Waals surface area contributed by atoms with Crippen LogP contribution in [0.2, 0.25) is 0 Å². The summed E-state index contributed by atoms with van der Waals surface area (Å²) in [6, 6.07) is 0. The van der Waals surface area contributed by atoms with E-state index in [-0.39, 0.29) is 0 Å². The first-order valence-electron chi connectivity index (χ1n) is 6.02. The molecule has 84 valence electrons. The average molecular weight is 262 g/mol. The largest absolute Gasteiger partial charge is 0.303 e. The first-order valence-corrected chi connectivity index (χ1v) is 7.14. The first-order chi connectivity index (χ1) is 6.74. The van der Waals surface area contributed by atoms with Crippen LogP contribution in [0, 0.1) is 11.8 Å². The Morgan fingerprint density at radius 2 is 1.93 bits per heavy atom. The van der Waals surface area contributed by atoms with Gasteiger partial charge in [-0.15, -0.1) is 0 Å². The third-order valence-electron chi connectivity index (χ3n) is 3.53. The van der Waals surface area contributed by atoms with E-state index in [1.54, 1.807) is 0 Å². The van der Waals surface area contributed by atoms with Crippen LogP contribution in [0.1, 0.15) is 39.5 Å². The second kappa shape index (κ2) is 6.84. The second-order valence-electron chi connectivity index (χ2n) is 4.79. The van der Waals surface area contributed by atoms with E-state index in [2.05, 4.69) is 34.7 Å². The molecule has 14 heavy (non-hydrogen) atoms. The highest BCUT2D eigenvalue weighted by atomic mass is 79.9. The number of rotatable bonds is 5. The molecule has 0 radical (unpaired) electrons. The highest BCUT2D eigenvalue weighted by Crippen LogP contribution is 2.22. The molecule has 1 fully saturated rings. The molecule has 2 unspecified atom stereocenters. The maximum absolute atomic E-state index is 3.48. The Morgan fingerprint density at radius 3 is 2.57 bits per heavy atom. The minimum atomic E-state index is 0.903. The van der Waals surface area contributed by atoms with E-state index in [4.69, 9.17) is 0 Å². The number of piperidine rings is 1. The van der Waals surface area contributed by atoms with Gasteiger partial charge in [-0.1, -0.05) is 36.2 Å². The van der Waals surface area contributed by atoms with Gasteiger partial charge in [0.2, 0.25) is 0 Å². The molecule has 1 saturated heterocycles. The highest BCUT2D eigenvalue weighted by Gasteiger charge is 2.21. The molecule has 1 aliphatic heterocycles. The van der Waals surface area contributed by atoms with Crippen molar-refractivity contribution in [2.45, 2.75) is 39.5 Å². The van der Waals surface area contributed by atoms with Gasteiger partial charge in [0, 0.05) is 11.9 Å². The van der Waals surface area contributed by atoms with Gasteiger partial charge in [0.1, 0.15) is 0 Å². The zero-order chi connectivity index (χ0) is 10.4. The minimum Gasteiger partial charge on any atom is -0.303 e. The Kier molecular flexibility index (Phi) is 6.11. The van der Waals surface area contributed by atoms with Crippen LogP contribution >= 0.6 is 15.9 Å². The van der Waals surface area contributed by atoms with Crippen LogP contribution in [0.4, 0.5) is 0 Å². The number of hydrogen-bond donors (Lipinski definition) is 0. The molecule has 1 rings (SSSR count). The number of likely N-dealkylation sites (tertiary alicyclic amines) is 1. The fourth-order valence-corrected chi connectivity index (χ4v) is 2.56. The van der Waals surface area contributed by atoms with Crippen molar-refractivity contribution in [1.29, 1.82) is 0 Å². The zero-order valence-corrected chi connectivity index (χ0v) is 11.2. The maximum atomic E-state index is 3.48. The highest BCUT2D eigenvalue weighted by molar-refractivity contribution is 9.09. The van der Waals surface area contributed by atoms with Crippen molar-refractivity contribution >= 4 is 15.9 Å². The average Bonchev–Trinajstić information content (AvgIpc) is 2.18. The van der Waals surface area contributed by atoms with Gasteiger partial charge >= 0.3 is 0 Å². The number of halogens is 1. The summed E-state index contributed by atoms with van der Waals surface area (Å²) in [5, 5.41) is 1.17. The van der Waals surface area contributed by atoms with Crippen LogP contribution in [-0.2, 0) is 0 Å². The molecule has 2 atom stereocenters. The van der Waals surface area contributed by atoms with E-state index in [0.29, 0.717) is 0 Å². The molecule has 0 saturated carbocycles. The summed E-state index contributed by atoms with van der Waals surface area (Å²) in [6.07, 6.45) is 5.50. The number of unbranched alkanes of at least 4 members (excludes halogenated alkanes) is 2. The lowest BCUT2D eigenvalue weighted by Crippen LogP contribution is -2.38. The lowest BCUT2D eigenvalue weighted by Gasteiger charge is -2.35. The topological polar surface area (TPSA) is 3.24 Å². The molecule has 0 aromatic rings. The summed E-state index contributed by atoms with van der Waals surface area (Å²) >= 11 is 3.48. The van der Waals surface area contributed by atoms with Gasteiger partial charge in [-0.05, 0) is 44.2 Å². The number of hydrogen-bond acceptors (Lipinski definition) is 1. The molecule has 0 amide bonds. The molecule has 1 heterocycles. The van der Waals surface area contributed by atoms with Crippen molar-refractivity contribution in [1.82, 2.24) is 4.90 Å². The number of nitrogens with zero attached hydrogens (tertiary/aromatic N) is 1. The van der Waals surface area contributed by atoms with Crippen molar-refractivity contribution in [2.24, 2.45) is 11.8 Å². The van der Waals surface area contributed by atoms with Gasteiger partial charge in [0.05, 0.1) is 0 Å².